The zero-order valence-electron chi connectivity index (χ0n) is 18.4. The van der Waals surface area contributed by atoms with Gasteiger partial charge in [-0.05, 0) is 37.1 Å². The number of alkyl halides is 3. The standard InChI is InChI=1S/C24H26F3N3Si/c1-17(2)15-21(31(3,4)5)23-22(19-11-13-20(14-12-19)24(25,26)27)28-29-30(23)16-18-9-7-6-8-10-18/h6-14H,16H2,1-5H3. The number of hydrogen-bond acceptors (Lipinski definition) is 2. The number of aromatic nitrogens is 3. The van der Waals surface area contributed by atoms with Gasteiger partial charge in [0.15, 0.2) is 0 Å². The molecule has 3 aromatic rings. The molecule has 0 spiro atoms. The van der Waals surface area contributed by atoms with Crippen molar-refractivity contribution in [2.24, 2.45) is 0 Å². The highest BCUT2D eigenvalue weighted by Gasteiger charge is 2.31. The first-order valence-corrected chi connectivity index (χ1v) is 13.6. The molecule has 0 unspecified atom stereocenters. The summed E-state index contributed by atoms with van der Waals surface area (Å²) in [6.07, 6.45) is -4.38. The molecule has 0 radical (unpaired) electrons. The van der Waals surface area contributed by atoms with Crippen LogP contribution in [0.2, 0.25) is 19.6 Å². The lowest BCUT2D eigenvalue weighted by atomic mass is 10.1. The van der Waals surface area contributed by atoms with Gasteiger partial charge in [0, 0.05) is 10.8 Å². The molecule has 31 heavy (non-hydrogen) atoms. The van der Waals surface area contributed by atoms with Gasteiger partial charge in [0.1, 0.15) is 5.69 Å². The molecule has 162 valence electrons. The first-order chi connectivity index (χ1) is 14.5. The van der Waals surface area contributed by atoms with Crippen LogP contribution in [0.4, 0.5) is 13.2 Å². The molecule has 0 aliphatic rings. The Hall–Kier alpha value is -2.89. The molecular formula is C24H26F3N3Si. The Labute approximate surface area is 181 Å². The van der Waals surface area contributed by atoms with E-state index in [9.17, 15) is 13.2 Å². The fourth-order valence-electron chi connectivity index (χ4n) is 3.29. The van der Waals surface area contributed by atoms with Crippen LogP contribution in [0.5, 0.6) is 0 Å². The highest BCUT2D eigenvalue weighted by Crippen LogP contribution is 2.35. The predicted octanol–water partition coefficient (Wildman–Crippen LogP) is 6.84. The normalized spacial score (nSPS) is 11.9. The summed E-state index contributed by atoms with van der Waals surface area (Å²) in [7, 11) is -1.90. The van der Waals surface area contributed by atoms with Crippen LogP contribution in [0.1, 0.15) is 30.7 Å². The molecule has 0 amide bonds. The maximum atomic E-state index is 13.0. The third-order valence-corrected chi connectivity index (χ3v) is 6.62. The van der Waals surface area contributed by atoms with Crippen LogP contribution in [0.3, 0.4) is 0 Å². The smallest absolute Gasteiger partial charge is 0.240 e. The monoisotopic (exact) mass is 441 g/mol. The third kappa shape index (κ3) is 5.43. The second-order valence-corrected chi connectivity index (χ2v) is 13.8. The minimum atomic E-state index is -4.38. The Morgan fingerprint density at radius 3 is 2.10 bits per heavy atom. The lowest BCUT2D eigenvalue weighted by molar-refractivity contribution is -0.137. The Bertz CT molecular complexity index is 1110. The van der Waals surface area contributed by atoms with E-state index in [0.717, 1.165) is 34.2 Å². The van der Waals surface area contributed by atoms with Crippen LogP contribution >= 0.6 is 0 Å². The molecule has 0 aliphatic carbocycles. The van der Waals surface area contributed by atoms with Crippen LogP contribution in [0, 0.1) is 0 Å². The number of halogens is 3. The van der Waals surface area contributed by atoms with Crippen molar-refractivity contribution < 1.29 is 13.2 Å². The van der Waals surface area contributed by atoms with E-state index in [1.807, 2.05) is 48.9 Å². The van der Waals surface area contributed by atoms with Crippen LogP contribution in [-0.2, 0) is 12.7 Å². The minimum absolute atomic E-state index is 0.516. The molecule has 3 rings (SSSR count). The van der Waals surface area contributed by atoms with Crippen molar-refractivity contribution >= 4 is 13.3 Å². The number of benzene rings is 2. The second kappa shape index (κ2) is 8.69. The van der Waals surface area contributed by atoms with Crippen molar-refractivity contribution in [3.05, 3.63) is 82.7 Å². The second-order valence-electron chi connectivity index (χ2n) is 8.76. The summed E-state index contributed by atoms with van der Waals surface area (Å²) >= 11 is 0. The molecule has 7 heteroatoms. The van der Waals surface area contributed by atoms with E-state index >= 15 is 0 Å². The molecule has 0 bridgehead atoms. The predicted molar refractivity (Wildman–Crippen MR) is 121 cm³/mol. The molecule has 0 atom stereocenters. The van der Waals surface area contributed by atoms with Crippen LogP contribution in [-0.4, -0.2) is 23.1 Å². The van der Waals surface area contributed by atoms with Gasteiger partial charge in [-0.25, -0.2) is 4.68 Å². The number of nitrogens with zero attached hydrogens (tertiary/aromatic N) is 3. The fourth-order valence-corrected chi connectivity index (χ4v) is 4.87. The van der Waals surface area contributed by atoms with Crippen LogP contribution in [0.15, 0.2) is 65.9 Å². The van der Waals surface area contributed by atoms with E-state index in [-0.39, 0.29) is 0 Å². The molecule has 0 aliphatic heterocycles. The van der Waals surface area contributed by atoms with Gasteiger partial charge in [0.2, 0.25) is 0 Å². The molecule has 3 nitrogen and oxygen atoms in total. The van der Waals surface area contributed by atoms with E-state index in [1.165, 1.54) is 12.1 Å². The molecule has 1 heterocycles. The zero-order chi connectivity index (χ0) is 22.8. The van der Waals surface area contributed by atoms with E-state index in [0.29, 0.717) is 17.8 Å². The summed E-state index contributed by atoms with van der Waals surface area (Å²) < 4.78 is 40.9. The molecule has 0 N–H and O–H groups in total. The molecular weight excluding hydrogens is 415 g/mol. The molecule has 0 saturated carbocycles. The Morgan fingerprint density at radius 1 is 0.968 bits per heavy atom. The van der Waals surface area contributed by atoms with Crippen molar-refractivity contribution in [3.8, 4) is 11.3 Å². The van der Waals surface area contributed by atoms with Gasteiger partial charge in [-0.1, -0.05) is 67.3 Å². The fraction of sp³-hybridized carbons (Fsp3) is 0.292. The molecule has 2 aromatic carbocycles. The summed E-state index contributed by atoms with van der Waals surface area (Å²) in [6.45, 7) is 11.1. The summed E-state index contributed by atoms with van der Waals surface area (Å²) in [5, 5.41) is 9.84. The minimum Gasteiger partial charge on any atom is -0.240 e. The quantitative estimate of drug-likeness (QED) is 0.321. The summed E-state index contributed by atoms with van der Waals surface area (Å²) in [4.78, 5) is 0. The van der Waals surface area contributed by atoms with Crippen LogP contribution in [0.25, 0.3) is 16.5 Å². The van der Waals surface area contributed by atoms with E-state index in [1.54, 1.807) is 0 Å². The van der Waals surface area contributed by atoms with Crippen molar-refractivity contribution in [3.63, 3.8) is 0 Å². The van der Waals surface area contributed by atoms with Gasteiger partial charge in [0.05, 0.1) is 25.9 Å². The van der Waals surface area contributed by atoms with E-state index in [2.05, 4.69) is 35.7 Å². The average molecular weight is 442 g/mol. The van der Waals surface area contributed by atoms with Gasteiger partial charge >= 0.3 is 6.18 Å². The third-order valence-electron chi connectivity index (χ3n) is 4.76. The Balaban J connectivity index is 2.22. The van der Waals surface area contributed by atoms with E-state index < -0.39 is 19.8 Å². The largest absolute Gasteiger partial charge is 0.416 e. The SMILES string of the molecule is CC(C)=C=C(c1c(-c2ccc(C(F)(F)F)cc2)nnn1Cc1ccccc1)[Si](C)(C)C. The summed E-state index contributed by atoms with van der Waals surface area (Å²) in [6, 6.07) is 15.0. The van der Waals surface area contributed by atoms with Gasteiger partial charge in [-0.3, -0.25) is 0 Å². The molecule has 1 aromatic heterocycles. The summed E-state index contributed by atoms with van der Waals surface area (Å²) in [5.74, 6) is 0. The highest BCUT2D eigenvalue weighted by atomic mass is 28.3. The zero-order valence-corrected chi connectivity index (χ0v) is 19.4. The van der Waals surface area contributed by atoms with Gasteiger partial charge in [-0.15, -0.1) is 10.8 Å². The average Bonchev–Trinajstić information content (AvgIpc) is 3.08. The number of allylic oxidation sites excluding steroid dienone is 1. The Morgan fingerprint density at radius 2 is 1.58 bits per heavy atom. The number of rotatable bonds is 5. The molecule has 0 fully saturated rings. The van der Waals surface area contributed by atoms with Crippen molar-refractivity contribution in [2.75, 3.05) is 0 Å². The Kier molecular flexibility index (Phi) is 6.39. The van der Waals surface area contributed by atoms with E-state index in [4.69, 9.17) is 0 Å². The lowest BCUT2D eigenvalue weighted by Gasteiger charge is -2.21. The van der Waals surface area contributed by atoms with Crippen molar-refractivity contribution in [1.29, 1.82) is 0 Å². The van der Waals surface area contributed by atoms with Gasteiger partial charge < -0.3 is 0 Å². The van der Waals surface area contributed by atoms with Gasteiger partial charge in [-0.2, -0.15) is 13.2 Å². The molecule has 0 saturated heterocycles. The highest BCUT2D eigenvalue weighted by molar-refractivity contribution is 6.93. The van der Waals surface area contributed by atoms with Crippen molar-refractivity contribution in [2.45, 2.75) is 46.2 Å². The summed E-state index contributed by atoms with van der Waals surface area (Å²) in [5.41, 5.74) is 6.94. The number of hydrogen-bond donors (Lipinski definition) is 0. The van der Waals surface area contributed by atoms with Crippen LogP contribution < -0.4 is 0 Å². The first kappa shape index (κ1) is 22.8. The maximum Gasteiger partial charge on any atom is 0.416 e. The maximum absolute atomic E-state index is 13.0. The van der Waals surface area contributed by atoms with Crippen molar-refractivity contribution in [1.82, 2.24) is 15.0 Å². The topological polar surface area (TPSA) is 30.7 Å². The lowest BCUT2D eigenvalue weighted by Crippen LogP contribution is -2.25. The first-order valence-electron chi connectivity index (χ1n) is 10.1. The van der Waals surface area contributed by atoms with Gasteiger partial charge in [0.25, 0.3) is 0 Å².